The summed E-state index contributed by atoms with van der Waals surface area (Å²) in [6, 6.07) is 8.58. The van der Waals surface area contributed by atoms with Gasteiger partial charge in [-0.05, 0) is 30.2 Å². The minimum atomic E-state index is -0.967. The molecule has 0 unspecified atom stereocenters. The van der Waals surface area contributed by atoms with Crippen molar-refractivity contribution in [2.45, 2.75) is 13.0 Å². The first-order valence-electron chi connectivity index (χ1n) is 12.5. The van der Waals surface area contributed by atoms with E-state index >= 15 is 0 Å². The number of piperazine rings is 1. The van der Waals surface area contributed by atoms with Gasteiger partial charge in [-0.25, -0.2) is 19.7 Å². The van der Waals surface area contributed by atoms with Crippen molar-refractivity contribution in [2.24, 2.45) is 5.92 Å². The van der Waals surface area contributed by atoms with E-state index < -0.39 is 12.0 Å². The number of nitrogens with one attached hydrogen (secondary N) is 1. The molecule has 39 heavy (non-hydrogen) atoms. The number of carbonyl (C=O) groups excluding carboxylic acids is 2. The van der Waals surface area contributed by atoms with Crippen molar-refractivity contribution in [3.8, 4) is 11.8 Å². The van der Waals surface area contributed by atoms with Crippen LogP contribution in [0.3, 0.4) is 0 Å². The molecule has 0 aromatic carbocycles. The molecule has 1 atom stereocenters. The molecule has 2 aliphatic heterocycles. The number of carbonyl (C=O) groups is 3. The van der Waals surface area contributed by atoms with Gasteiger partial charge in [-0.1, -0.05) is 6.07 Å². The standard InChI is InChI=1S/C26H26N8O5/c27-11-18-2-1-16(12-28-18)13-30-24(36)22-23(35)19-3-4-21(31-20(19)14-29-22)34-6-5-17(15-34)25(37)32-7-9-33(10-8-32)26(38)39/h1-4,12,14,17,35H,5-10,13,15H2,(H,30,36)(H,38,39)/t17-/m0/s1. The average Bonchev–Trinajstić information content (AvgIpc) is 3.46. The van der Waals surface area contributed by atoms with E-state index in [0.717, 1.165) is 0 Å². The van der Waals surface area contributed by atoms with Gasteiger partial charge in [0.15, 0.2) is 11.4 Å². The van der Waals surface area contributed by atoms with Gasteiger partial charge in [0.2, 0.25) is 5.91 Å². The maximum atomic E-state index is 13.0. The van der Waals surface area contributed by atoms with E-state index in [-0.39, 0.29) is 35.5 Å². The summed E-state index contributed by atoms with van der Waals surface area (Å²) < 4.78 is 0. The molecule has 2 saturated heterocycles. The largest absolute Gasteiger partial charge is 0.505 e. The van der Waals surface area contributed by atoms with Crippen molar-refractivity contribution in [2.75, 3.05) is 44.2 Å². The van der Waals surface area contributed by atoms with Crippen LogP contribution in [0.5, 0.6) is 5.75 Å². The van der Waals surface area contributed by atoms with Crippen molar-refractivity contribution in [1.82, 2.24) is 30.1 Å². The molecule has 3 amide bonds. The molecule has 3 aromatic rings. The van der Waals surface area contributed by atoms with Gasteiger partial charge in [0.25, 0.3) is 5.91 Å². The lowest BCUT2D eigenvalue weighted by Crippen LogP contribution is -2.51. The van der Waals surface area contributed by atoms with Crippen molar-refractivity contribution in [1.29, 1.82) is 5.26 Å². The number of aromatic hydroxyl groups is 1. The molecule has 5 heterocycles. The molecule has 3 aromatic heterocycles. The molecular weight excluding hydrogens is 504 g/mol. The second-order valence-corrected chi connectivity index (χ2v) is 9.43. The van der Waals surface area contributed by atoms with Gasteiger partial charge in [-0.15, -0.1) is 0 Å². The van der Waals surface area contributed by atoms with Gasteiger partial charge < -0.3 is 30.2 Å². The SMILES string of the molecule is N#Cc1ccc(CNC(=O)c2ncc3nc(N4CC[C@H](C(=O)N5CCN(C(=O)O)CC5)C4)ccc3c2O)cn1. The molecular formula is C26H26N8O5. The summed E-state index contributed by atoms with van der Waals surface area (Å²) in [6.07, 6.45) is 2.62. The number of hydrogen-bond donors (Lipinski definition) is 3. The highest BCUT2D eigenvalue weighted by atomic mass is 16.4. The Morgan fingerprint density at radius 3 is 2.49 bits per heavy atom. The highest BCUT2D eigenvalue weighted by molar-refractivity contribution is 6.00. The zero-order valence-corrected chi connectivity index (χ0v) is 20.9. The summed E-state index contributed by atoms with van der Waals surface area (Å²) in [7, 11) is 0. The normalized spacial score (nSPS) is 17.2. The summed E-state index contributed by atoms with van der Waals surface area (Å²) in [5.41, 5.74) is 1.25. The van der Waals surface area contributed by atoms with Gasteiger partial charge in [0, 0.05) is 57.4 Å². The lowest BCUT2D eigenvalue weighted by atomic mass is 10.1. The predicted octanol–water partition coefficient (Wildman–Crippen LogP) is 1.18. The Morgan fingerprint density at radius 1 is 1.03 bits per heavy atom. The highest BCUT2D eigenvalue weighted by Gasteiger charge is 2.34. The van der Waals surface area contributed by atoms with E-state index in [9.17, 15) is 19.5 Å². The zero-order chi connectivity index (χ0) is 27.5. The zero-order valence-electron chi connectivity index (χ0n) is 20.9. The predicted molar refractivity (Wildman–Crippen MR) is 138 cm³/mol. The summed E-state index contributed by atoms with van der Waals surface area (Å²) in [5.74, 6) is -0.386. The molecule has 200 valence electrons. The van der Waals surface area contributed by atoms with E-state index in [0.29, 0.717) is 68.0 Å². The van der Waals surface area contributed by atoms with E-state index in [4.69, 9.17) is 10.4 Å². The van der Waals surface area contributed by atoms with Gasteiger partial charge in [0.05, 0.1) is 17.6 Å². The van der Waals surface area contributed by atoms with Crippen molar-refractivity contribution in [3.63, 3.8) is 0 Å². The van der Waals surface area contributed by atoms with Crippen molar-refractivity contribution >= 4 is 34.6 Å². The summed E-state index contributed by atoms with van der Waals surface area (Å²) in [5, 5.41) is 31.7. The van der Waals surface area contributed by atoms with Gasteiger partial charge in [0.1, 0.15) is 17.6 Å². The third-order valence-electron chi connectivity index (χ3n) is 7.04. The lowest BCUT2D eigenvalue weighted by Gasteiger charge is -2.34. The first-order valence-corrected chi connectivity index (χ1v) is 12.5. The quantitative estimate of drug-likeness (QED) is 0.434. The van der Waals surface area contributed by atoms with Crippen LogP contribution in [0.1, 0.15) is 28.2 Å². The molecule has 0 aliphatic carbocycles. The first kappa shape index (κ1) is 25.7. The van der Waals surface area contributed by atoms with Crippen LogP contribution in [-0.4, -0.2) is 92.1 Å². The van der Waals surface area contributed by atoms with E-state index in [1.54, 1.807) is 29.2 Å². The molecule has 0 spiro atoms. The molecule has 13 heteroatoms. The molecule has 0 radical (unpaired) electrons. The van der Waals surface area contributed by atoms with E-state index in [2.05, 4.69) is 20.3 Å². The number of rotatable bonds is 5. The molecule has 0 bridgehead atoms. The van der Waals surface area contributed by atoms with Crippen LogP contribution in [-0.2, 0) is 11.3 Å². The average molecular weight is 531 g/mol. The van der Waals surface area contributed by atoms with Crippen LogP contribution in [0.15, 0.2) is 36.7 Å². The fourth-order valence-corrected chi connectivity index (χ4v) is 4.83. The lowest BCUT2D eigenvalue weighted by molar-refractivity contribution is -0.136. The van der Waals surface area contributed by atoms with Crippen LogP contribution in [0.25, 0.3) is 10.9 Å². The molecule has 2 aliphatic rings. The number of hydrogen-bond acceptors (Lipinski definition) is 9. The van der Waals surface area contributed by atoms with Crippen LogP contribution < -0.4 is 10.2 Å². The highest BCUT2D eigenvalue weighted by Crippen LogP contribution is 2.30. The third-order valence-corrected chi connectivity index (χ3v) is 7.04. The summed E-state index contributed by atoms with van der Waals surface area (Å²) >= 11 is 0. The topological polar surface area (TPSA) is 176 Å². The minimum absolute atomic E-state index is 0.0232. The number of fused-ring (bicyclic) bond motifs is 1. The number of nitrogens with zero attached hydrogens (tertiary/aromatic N) is 7. The Kier molecular flexibility index (Phi) is 7.09. The van der Waals surface area contributed by atoms with Gasteiger partial charge in [-0.2, -0.15) is 5.26 Å². The monoisotopic (exact) mass is 530 g/mol. The van der Waals surface area contributed by atoms with E-state index in [1.165, 1.54) is 17.3 Å². The maximum absolute atomic E-state index is 13.0. The summed E-state index contributed by atoms with van der Waals surface area (Å²) in [6.45, 7) is 2.68. The Labute approximate surface area is 223 Å². The number of pyridine rings is 3. The Bertz CT molecular complexity index is 1460. The second-order valence-electron chi connectivity index (χ2n) is 9.43. The Hall–Kier alpha value is -4.99. The molecule has 3 N–H and O–H groups in total. The van der Waals surface area contributed by atoms with Crippen LogP contribution in [0.4, 0.5) is 10.6 Å². The minimum Gasteiger partial charge on any atom is -0.505 e. The number of carboxylic acid groups (broad SMARTS) is 1. The van der Waals surface area contributed by atoms with Gasteiger partial charge in [-0.3, -0.25) is 9.59 Å². The number of nitriles is 1. The van der Waals surface area contributed by atoms with Crippen molar-refractivity contribution < 1.29 is 24.6 Å². The fraction of sp³-hybridized carbons (Fsp3) is 0.346. The van der Waals surface area contributed by atoms with Crippen LogP contribution >= 0.6 is 0 Å². The summed E-state index contributed by atoms with van der Waals surface area (Å²) in [4.78, 5) is 54.5. The Balaban J connectivity index is 1.22. The van der Waals surface area contributed by atoms with Crippen LogP contribution in [0, 0.1) is 17.2 Å². The molecule has 2 fully saturated rings. The molecule has 13 nitrogen and oxygen atoms in total. The molecule has 0 saturated carbocycles. The first-order chi connectivity index (χ1) is 18.8. The Morgan fingerprint density at radius 2 is 1.79 bits per heavy atom. The number of anilines is 1. The molecule has 5 rings (SSSR count). The maximum Gasteiger partial charge on any atom is 0.407 e. The third kappa shape index (κ3) is 5.35. The fourth-order valence-electron chi connectivity index (χ4n) is 4.83. The smallest absolute Gasteiger partial charge is 0.407 e. The number of aromatic nitrogens is 3. The van der Waals surface area contributed by atoms with Crippen LogP contribution in [0.2, 0.25) is 0 Å². The van der Waals surface area contributed by atoms with Crippen molar-refractivity contribution in [3.05, 3.63) is 53.6 Å². The second kappa shape index (κ2) is 10.8. The van der Waals surface area contributed by atoms with E-state index in [1.807, 2.05) is 11.0 Å². The van der Waals surface area contributed by atoms with Gasteiger partial charge >= 0.3 is 6.09 Å². The number of amides is 3.